The van der Waals surface area contributed by atoms with E-state index in [2.05, 4.69) is 15.6 Å². The number of carbonyl (C=O) groups excluding carboxylic acids is 1. The van der Waals surface area contributed by atoms with Gasteiger partial charge in [0.25, 0.3) is 5.91 Å². The fourth-order valence-corrected chi connectivity index (χ4v) is 2.09. The number of aliphatic hydroxyl groups is 1. The van der Waals surface area contributed by atoms with Crippen molar-refractivity contribution < 1.29 is 14.6 Å². The standard InChI is InChI=1S/C18H23N3O3/c1-13-5-3-6-16(14(13)2)24-12-18(23)21-15-7-8-17(20-11-15)19-9-4-10-22/h3,5-8,11,22H,4,9-10,12H2,1-2H3,(H,19,20)(H,21,23). The number of ether oxygens (including phenoxy) is 1. The van der Waals surface area contributed by atoms with Gasteiger partial charge in [0.05, 0.1) is 11.9 Å². The Morgan fingerprint density at radius 3 is 2.79 bits per heavy atom. The molecular weight excluding hydrogens is 306 g/mol. The van der Waals surface area contributed by atoms with E-state index in [4.69, 9.17) is 9.84 Å². The van der Waals surface area contributed by atoms with Crippen LogP contribution >= 0.6 is 0 Å². The van der Waals surface area contributed by atoms with E-state index in [1.807, 2.05) is 32.0 Å². The molecule has 0 radical (unpaired) electrons. The number of aliphatic hydroxyl groups excluding tert-OH is 1. The van der Waals surface area contributed by atoms with E-state index in [9.17, 15) is 4.79 Å². The van der Waals surface area contributed by atoms with Crippen LogP contribution in [0.25, 0.3) is 0 Å². The Kier molecular flexibility index (Phi) is 6.57. The second kappa shape index (κ2) is 8.88. The van der Waals surface area contributed by atoms with Gasteiger partial charge in [0.1, 0.15) is 11.6 Å². The van der Waals surface area contributed by atoms with Crippen LogP contribution in [0.15, 0.2) is 36.5 Å². The monoisotopic (exact) mass is 329 g/mol. The molecule has 0 unspecified atom stereocenters. The molecule has 6 heteroatoms. The van der Waals surface area contributed by atoms with Crippen molar-refractivity contribution in [2.45, 2.75) is 20.3 Å². The van der Waals surface area contributed by atoms with E-state index in [-0.39, 0.29) is 19.1 Å². The number of benzene rings is 1. The van der Waals surface area contributed by atoms with Crippen LogP contribution in [0.4, 0.5) is 11.5 Å². The van der Waals surface area contributed by atoms with Crippen LogP contribution in [0.2, 0.25) is 0 Å². The van der Waals surface area contributed by atoms with Crippen LogP contribution in [-0.2, 0) is 4.79 Å². The third-order valence-electron chi connectivity index (χ3n) is 3.60. The van der Waals surface area contributed by atoms with Gasteiger partial charge in [-0.1, -0.05) is 12.1 Å². The van der Waals surface area contributed by atoms with Gasteiger partial charge in [0, 0.05) is 13.2 Å². The number of nitrogens with zero attached hydrogens (tertiary/aromatic N) is 1. The number of nitrogens with one attached hydrogen (secondary N) is 2. The molecular formula is C18H23N3O3. The summed E-state index contributed by atoms with van der Waals surface area (Å²) in [6.45, 7) is 4.71. The number of aromatic nitrogens is 1. The smallest absolute Gasteiger partial charge is 0.262 e. The first-order valence-electron chi connectivity index (χ1n) is 7.90. The van der Waals surface area contributed by atoms with Gasteiger partial charge in [-0.2, -0.15) is 0 Å². The largest absolute Gasteiger partial charge is 0.483 e. The molecule has 2 rings (SSSR count). The Morgan fingerprint density at radius 1 is 1.25 bits per heavy atom. The van der Waals surface area contributed by atoms with Crippen LogP contribution < -0.4 is 15.4 Å². The normalized spacial score (nSPS) is 10.3. The van der Waals surface area contributed by atoms with Crippen LogP contribution in [0.3, 0.4) is 0 Å². The predicted octanol–water partition coefficient (Wildman–Crippen LogP) is 2.51. The lowest BCUT2D eigenvalue weighted by molar-refractivity contribution is -0.118. The summed E-state index contributed by atoms with van der Waals surface area (Å²) in [4.78, 5) is 16.2. The lowest BCUT2D eigenvalue weighted by atomic mass is 10.1. The van der Waals surface area contributed by atoms with Gasteiger partial charge < -0.3 is 20.5 Å². The third kappa shape index (κ3) is 5.24. The number of hydrogen-bond donors (Lipinski definition) is 3. The Bertz CT molecular complexity index is 672. The molecule has 0 aliphatic rings. The Labute approximate surface area is 141 Å². The van der Waals surface area contributed by atoms with Crippen molar-refractivity contribution >= 4 is 17.4 Å². The third-order valence-corrected chi connectivity index (χ3v) is 3.60. The van der Waals surface area contributed by atoms with Crippen molar-refractivity contribution in [3.8, 4) is 5.75 Å². The highest BCUT2D eigenvalue weighted by atomic mass is 16.5. The van der Waals surface area contributed by atoms with Gasteiger partial charge in [-0.15, -0.1) is 0 Å². The zero-order chi connectivity index (χ0) is 17.4. The summed E-state index contributed by atoms with van der Waals surface area (Å²) in [6.07, 6.45) is 2.24. The highest BCUT2D eigenvalue weighted by Crippen LogP contribution is 2.20. The van der Waals surface area contributed by atoms with Gasteiger partial charge in [0.2, 0.25) is 0 Å². The molecule has 1 aromatic heterocycles. The average Bonchev–Trinajstić information content (AvgIpc) is 2.58. The van der Waals surface area contributed by atoms with E-state index < -0.39 is 0 Å². The molecule has 24 heavy (non-hydrogen) atoms. The quantitative estimate of drug-likeness (QED) is 0.648. The minimum Gasteiger partial charge on any atom is -0.483 e. The lowest BCUT2D eigenvalue weighted by Gasteiger charge is -2.11. The van der Waals surface area contributed by atoms with Crippen LogP contribution in [0, 0.1) is 13.8 Å². The van der Waals surface area contributed by atoms with E-state index in [1.165, 1.54) is 0 Å². The predicted molar refractivity (Wildman–Crippen MR) is 94.5 cm³/mol. The molecule has 0 fully saturated rings. The summed E-state index contributed by atoms with van der Waals surface area (Å²) in [6, 6.07) is 9.30. The first-order valence-corrected chi connectivity index (χ1v) is 7.90. The molecule has 2 aromatic rings. The molecule has 0 spiro atoms. The molecule has 1 aromatic carbocycles. The Morgan fingerprint density at radius 2 is 2.08 bits per heavy atom. The van der Waals surface area contributed by atoms with Gasteiger partial charge in [-0.25, -0.2) is 4.98 Å². The van der Waals surface area contributed by atoms with E-state index >= 15 is 0 Å². The summed E-state index contributed by atoms with van der Waals surface area (Å²) in [5.41, 5.74) is 2.77. The number of amides is 1. The number of pyridine rings is 1. The first kappa shape index (κ1) is 17.7. The van der Waals surface area contributed by atoms with Crippen LogP contribution in [0.5, 0.6) is 5.75 Å². The van der Waals surface area contributed by atoms with Crippen LogP contribution in [-0.4, -0.2) is 35.8 Å². The number of aryl methyl sites for hydroxylation is 1. The molecule has 0 aliphatic carbocycles. The number of anilines is 2. The highest BCUT2D eigenvalue weighted by molar-refractivity contribution is 5.91. The van der Waals surface area contributed by atoms with Gasteiger partial charge in [-0.3, -0.25) is 4.79 Å². The minimum atomic E-state index is -0.237. The second-order valence-electron chi connectivity index (χ2n) is 5.47. The molecule has 1 amide bonds. The molecule has 128 valence electrons. The van der Waals surface area contributed by atoms with Gasteiger partial charge in [0.15, 0.2) is 6.61 Å². The maximum Gasteiger partial charge on any atom is 0.262 e. The van der Waals surface area contributed by atoms with Crippen molar-refractivity contribution in [2.75, 3.05) is 30.4 Å². The summed E-state index contributed by atoms with van der Waals surface area (Å²) in [5, 5.41) is 14.6. The molecule has 3 N–H and O–H groups in total. The van der Waals surface area contributed by atoms with Gasteiger partial charge >= 0.3 is 0 Å². The summed E-state index contributed by atoms with van der Waals surface area (Å²) < 4.78 is 5.57. The van der Waals surface area contributed by atoms with Gasteiger partial charge in [-0.05, 0) is 49.6 Å². The van der Waals surface area contributed by atoms with Crippen LogP contribution in [0.1, 0.15) is 17.5 Å². The lowest BCUT2D eigenvalue weighted by Crippen LogP contribution is -2.20. The van der Waals surface area contributed by atoms with E-state index in [0.717, 1.165) is 11.1 Å². The fourth-order valence-electron chi connectivity index (χ4n) is 2.09. The molecule has 6 nitrogen and oxygen atoms in total. The summed E-state index contributed by atoms with van der Waals surface area (Å²) >= 11 is 0. The number of carbonyl (C=O) groups is 1. The Balaban J connectivity index is 1.82. The zero-order valence-corrected chi connectivity index (χ0v) is 14.0. The summed E-state index contributed by atoms with van der Waals surface area (Å²) in [7, 11) is 0. The molecule has 0 saturated carbocycles. The Hall–Kier alpha value is -2.60. The molecule has 0 atom stereocenters. The summed E-state index contributed by atoms with van der Waals surface area (Å²) in [5.74, 6) is 1.18. The topological polar surface area (TPSA) is 83.5 Å². The highest BCUT2D eigenvalue weighted by Gasteiger charge is 2.07. The van der Waals surface area contributed by atoms with Crippen molar-refractivity contribution in [3.63, 3.8) is 0 Å². The molecule has 0 bridgehead atoms. The number of hydrogen-bond acceptors (Lipinski definition) is 5. The second-order valence-corrected chi connectivity index (χ2v) is 5.47. The van der Waals surface area contributed by atoms with Crippen molar-refractivity contribution in [3.05, 3.63) is 47.7 Å². The van der Waals surface area contributed by atoms with E-state index in [0.29, 0.717) is 30.2 Å². The molecule has 1 heterocycles. The first-order chi connectivity index (χ1) is 11.6. The maximum absolute atomic E-state index is 12.0. The SMILES string of the molecule is Cc1cccc(OCC(=O)Nc2ccc(NCCCO)nc2)c1C. The zero-order valence-electron chi connectivity index (χ0n) is 14.0. The average molecular weight is 329 g/mol. The van der Waals surface area contributed by atoms with E-state index in [1.54, 1.807) is 18.3 Å². The molecule has 0 aliphatic heterocycles. The van der Waals surface area contributed by atoms with Crippen molar-refractivity contribution in [1.29, 1.82) is 0 Å². The van der Waals surface area contributed by atoms with Crippen molar-refractivity contribution in [2.24, 2.45) is 0 Å². The minimum absolute atomic E-state index is 0.0548. The van der Waals surface area contributed by atoms with Crippen molar-refractivity contribution in [1.82, 2.24) is 4.98 Å². The fraction of sp³-hybridized carbons (Fsp3) is 0.333. The number of rotatable bonds is 8. The molecule has 0 saturated heterocycles. The maximum atomic E-state index is 12.0.